The topological polar surface area (TPSA) is 69.6 Å². The lowest BCUT2D eigenvalue weighted by Gasteiger charge is -2.23. The molecular weight excluding hydrogens is 218 g/mol. The van der Waals surface area contributed by atoms with E-state index >= 15 is 0 Å². The summed E-state index contributed by atoms with van der Waals surface area (Å²) in [6.07, 6.45) is -0.607. The lowest BCUT2D eigenvalue weighted by molar-refractivity contribution is -0.126. The van der Waals surface area contributed by atoms with E-state index < -0.39 is 11.7 Å². The third-order valence-electron chi connectivity index (χ3n) is 2.50. The van der Waals surface area contributed by atoms with Gasteiger partial charge in [0.1, 0.15) is 0 Å². The second kappa shape index (κ2) is 5.80. The lowest BCUT2D eigenvalue weighted by atomic mass is 9.92. The summed E-state index contributed by atoms with van der Waals surface area (Å²) in [6, 6.07) is 9.05. The number of benzene rings is 1. The Bertz CT molecular complexity index is 360. The monoisotopic (exact) mass is 237 g/mol. The van der Waals surface area contributed by atoms with Crippen molar-refractivity contribution in [1.82, 2.24) is 5.32 Å². The van der Waals surface area contributed by atoms with Crippen molar-refractivity contribution in [3.05, 3.63) is 35.9 Å². The molecule has 0 aromatic heterocycles. The summed E-state index contributed by atoms with van der Waals surface area (Å²) in [5.74, 6) is -0.278. The molecule has 0 spiro atoms. The van der Waals surface area contributed by atoms with Crippen LogP contribution < -0.4 is 5.32 Å². The van der Waals surface area contributed by atoms with E-state index in [1.165, 1.54) is 0 Å². The molecule has 94 valence electrons. The van der Waals surface area contributed by atoms with Gasteiger partial charge >= 0.3 is 0 Å². The smallest absolute Gasteiger partial charge is 0.223 e. The Kier molecular flexibility index (Phi) is 4.66. The number of hydrogen-bond donors (Lipinski definition) is 3. The summed E-state index contributed by atoms with van der Waals surface area (Å²) in [4.78, 5) is 11.6. The fourth-order valence-corrected chi connectivity index (χ4v) is 1.54. The SMILES string of the molecule is C[C@H](O)CNC(=O)CC(C)(O)c1ccccc1. The van der Waals surface area contributed by atoms with Gasteiger partial charge in [0.05, 0.1) is 18.1 Å². The highest BCUT2D eigenvalue weighted by Crippen LogP contribution is 2.23. The van der Waals surface area contributed by atoms with Gasteiger partial charge < -0.3 is 15.5 Å². The van der Waals surface area contributed by atoms with Gasteiger partial charge in [-0.15, -0.1) is 0 Å². The van der Waals surface area contributed by atoms with Crippen LogP contribution in [0, 0.1) is 0 Å². The standard InChI is InChI=1S/C13H19NO3/c1-10(15)9-14-12(16)8-13(2,17)11-6-4-3-5-7-11/h3-7,10,15,17H,8-9H2,1-2H3,(H,14,16)/t10-,13?/m0/s1. The van der Waals surface area contributed by atoms with Gasteiger partial charge in [-0.1, -0.05) is 30.3 Å². The van der Waals surface area contributed by atoms with Crippen molar-refractivity contribution in [2.45, 2.75) is 32.0 Å². The minimum absolute atomic E-state index is 0.0241. The molecule has 17 heavy (non-hydrogen) atoms. The summed E-state index contributed by atoms with van der Waals surface area (Å²) in [5.41, 5.74) is -0.489. The normalized spacial score (nSPS) is 16.0. The van der Waals surface area contributed by atoms with E-state index in [9.17, 15) is 9.90 Å². The van der Waals surface area contributed by atoms with Crippen LogP contribution in [0.5, 0.6) is 0 Å². The van der Waals surface area contributed by atoms with E-state index in [2.05, 4.69) is 5.32 Å². The summed E-state index contributed by atoms with van der Waals surface area (Å²) >= 11 is 0. The van der Waals surface area contributed by atoms with Crippen LogP contribution in [-0.4, -0.2) is 28.8 Å². The number of hydrogen-bond acceptors (Lipinski definition) is 3. The highest BCUT2D eigenvalue weighted by Gasteiger charge is 2.26. The average Bonchev–Trinajstić information content (AvgIpc) is 2.27. The second-order valence-electron chi connectivity index (χ2n) is 4.47. The molecule has 0 radical (unpaired) electrons. The molecule has 1 rings (SSSR count). The van der Waals surface area contributed by atoms with Crippen molar-refractivity contribution in [3.63, 3.8) is 0 Å². The fraction of sp³-hybridized carbons (Fsp3) is 0.462. The van der Waals surface area contributed by atoms with Gasteiger partial charge in [0.15, 0.2) is 0 Å². The van der Waals surface area contributed by atoms with E-state index in [-0.39, 0.29) is 18.9 Å². The maximum absolute atomic E-state index is 11.6. The molecule has 3 N–H and O–H groups in total. The molecule has 1 aromatic carbocycles. The molecule has 0 aliphatic rings. The van der Waals surface area contributed by atoms with E-state index in [4.69, 9.17) is 5.11 Å². The molecule has 0 saturated heterocycles. The van der Waals surface area contributed by atoms with E-state index in [0.717, 1.165) is 0 Å². The first-order chi connectivity index (χ1) is 7.92. The highest BCUT2D eigenvalue weighted by atomic mass is 16.3. The number of amides is 1. The zero-order valence-electron chi connectivity index (χ0n) is 10.2. The van der Waals surface area contributed by atoms with Crippen LogP contribution in [0.1, 0.15) is 25.8 Å². The van der Waals surface area contributed by atoms with Gasteiger partial charge in [0.25, 0.3) is 0 Å². The van der Waals surface area contributed by atoms with Crippen LogP contribution in [0.4, 0.5) is 0 Å². The average molecular weight is 237 g/mol. The lowest BCUT2D eigenvalue weighted by Crippen LogP contribution is -2.36. The van der Waals surface area contributed by atoms with Crippen molar-refractivity contribution in [2.24, 2.45) is 0 Å². The molecule has 0 aliphatic heterocycles. The molecule has 0 heterocycles. The predicted octanol–water partition coefficient (Wildman–Crippen LogP) is 0.781. The maximum Gasteiger partial charge on any atom is 0.223 e. The summed E-state index contributed by atoms with van der Waals surface area (Å²) < 4.78 is 0. The van der Waals surface area contributed by atoms with Crippen molar-refractivity contribution in [2.75, 3.05) is 6.54 Å². The quantitative estimate of drug-likeness (QED) is 0.709. The maximum atomic E-state index is 11.6. The van der Waals surface area contributed by atoms with E-state index in [1.54, 1.807) is 26.0 Å². The van der Waals surface area contributed by atoms with Crippen LogP contribution in [0.15, 0.2) is 30.3 Å². The van der Waals surface area contributed by atoms with Crippen molar-refractivity contribution >= 4 is 5.91 Å². The van der Waals surface area contributed by atoms with E-state index in [0.29, 0.717) is 5.56 Å². The molecule has 4 heteroatoms. The van der Waals surface area contributed by atoms with E-state index in [1.807, 2.05) is 18.2 Å². The van der Waals surface area contributed by atoms with Gasteiger partial charge in [-0.2, -0.15) is 0 Å². The first kappa shape index (κ1) is 13.7. The largest absolute Gasteiger partial charge is 0.392 e. The summed E-state index contributed by atoms with van der Waals surface area (Å²) in [5, 5.41) is 21.8. The number of nitrogens with one attached hydrogen (secondary N) is 1. The Hall–Kier alpha value is -1.39. The first-order valence-electron chi connectivity index (χ1n) is 5.64. The number of carbonyl (C=O) groups is 1. The van der Waals surface area contributed by atoms with Crippen molar-refractivity contribution < 1.29 is 15.0 Å². The Morgan fingerprint density at radius 3 is 2.53 bits per heavy atom. The van der Waals surface area contributed by atoms with Crippen molar-refractivity contribution in [3.8, 4) is 0 Å². The molecule has 1 unspecified atom stereocenters. The minimum atomic E-state index is -1.19. The molecule has 0 aliphatic carbocycles. The number of rotatable bonds is 5. The van der Waals surface area contributed by atoms with Crippen LogP contribution >= 0.6 is 0 Å². The van der Waals surface area contributed by atoms with Gasteiger partial charge in [0, 0.05) is 6.54 Å². The number of carbonyl (C=O) groups excluding carboxylic acids is 1. The number of aliphatic hydroxyl groups excluding tert-OH is 1. The molecule has 0 fully saturated rings. The summed E-state index contributed by atoms with van der Waals surface area (Å²) in [6.45, 7) is 3.39. The Labute approximate surface area is 101 Å². The van der Waals surface area contributed by atoms with Gasteiger partial charge in [-0.3, -0.25) is 4.79 Å². The molecule has 4 nitrogen and oxygen atoms in total. The molecule has 0 bridgehead atoms. The van der Waals surface area contributed by atoms with Crippen LogP contribution in [0.3, 0.4) is 0 Å². The third kappa shape index (κ3) is 4.54. The van der Waals surface area contributed by atoms with Gasteiger partial charge in [-0.25, -0.2) is 0 Å². The van der Waals surface area contributed by atoms with Crippen LogP contribution in [0.2, 0.25) is 0 Å². The molecule has 1 aromatic rings. The highest BCUT2D eigenvalue weighted by molar-refractivity contribution is 5.77. The van der Waals surface area contributed by atoms with Crippen LogP contribution in [-0.2, 0) is 10.4 Å². The molecule has 2 atom stereocenters. The zero-order chi connectivity index (χ0) is 12.9. The Morgan fingerprint density at radius 2 is 2.00 bits per heavy atom. The Morgan fingerprint density at radius 1 is 1.41 bits per heavy atom. The molecular formula is C13H19NO3. The fourth-order valence-electron chi connectivity index (χ4n) is 1.54. The minimum Gasteiger partial charge on any atom is -0.392 e. The number of aliphatic hydroxyl groups is 2. The van der Waals surface area contributed by atoms with Crippen molar-refractivity contribution in [1.29, 1.82) is 0 Å². The Balaban J connectivity index is 2.58. The van der Waals surface area contributed by atoms with Gasteiger partial charge in [0.2, 0.25) is 5.91 Å². The summed E-state index contributed by atoms with van der Waals surface area (Å²) in [7, 11) is 0. The van der Waals surface area contributed by atoms with Crippen LogP contribution in [0.25, 0.3) is 0 Å². The van der Waals surface area contributed by atoms with Gasteiger partial charge in [-0.05, 0) is 19.4 Å². The zero-order valence-corrected chi connectivity index (χ0v) is 10.2. The second-order valence-corrected chi connectivity index (χ2v) is 4.47. The first-order valence-corrected chi connectivity index (χ1v) is 5.64. The molecule has 1 amide bonds. The third-order valence-corrected chi connectivity index (χ3v) is 2.50. The molecule has 0 saturated carbocycles. The predicted molar refractivity (Wildman–Crippen MR) is 65.3 cm³/mol.